The Morgan fingerprint density at radius 3 is 2.41 bits per heavy atom. The Kier molecular flexibility index (Phi) is 9.76. The summed E-state index contributed by atoms with van der Waals surface area (Å²) in [6.45, 7) is 6.22. The largest absolute Gasteiger partial charge is 0.497 e. The normalized spacial score (nSPS) is 15.4. The summed E-state index contributed by atoms with van der Waals surface area (Å²) in [6, 6.07) is 16.5. The number of amides is 2. The third-order valence-corrected chi connectivity index (χ3v) is 7.76. The molecule has 2 atom stereocenters. The molecule has 1 aliphatic rings. The second-order valence-electron chi connectivity index (χ2n) is 9.88. The maximum Gasteiger partial charge on any atom is 0.247 e. The standard InChI is InChI=1S/C31H36N4O3S/c1-21-10-8-9-13-25(21)19-35(28(36)20-39-31-32-22(2)18-23(3)33-31)29(24-11-6-5-7-12-24)30(37)34-26-14-16-27(38-4)17-15-26/h5-6,8-10,13-18,24,29H,7,11-12,19-20H2,1-4H3,(H,34,37). The maximum absolute atomic E-state index is 14.0. The van der Waals surface area contributed by atoms with Crippen molar-refractivity contribution in [1.29, 1.82) is 0 Å². The van der Waals surface area contributed by atoms with Crippen molar-refractivity contribution in [2.24, 2.45) is 5.92 Å². The number of benzene rings is 2. The number of ether oxygens (including phenoxy) is 1. The number of carbonyl (C=O) groups is 2. The second-order valence-corrected chi connectivity index (χ2v) is 10.8. The van der Waals surface area contributed by atoms with Crippen LogP contribution in [0.2, 0.25) is 0 Å². The summed E-state index contributed by atoms with van der Waals surface area (Å²) in [5.41, 5.74) is 4.49. The van der Waals surface area contributed by atoms with Crippen LogP contribution in [0, 0.1) is 26.7 Å². The van der Waals surface area contributed by atoms with Crippen molar-refractivity contribution in [3.63, 3.8) is 0 Å². The SMILES string of the molecule is COc1ccc(NC(=O)C(C2CC=CCC2)N(Cc2ccccc2C)C(=O)CSc2nc(C)cc(C)n2)cc1. The van der Waals surface area contributed by atoms with Crippen molar-refractivity contribution in [3.05, 3.63) is 89.3 Å². The first kappa shape index (κ1) is 28.4. The number of thioether (sulfide) groups is 1. The molecule has 0 saturated carbocycles. The molecule has 2 amide bonds. The van der Waals surface area contributed by atoms with Crippen LogP contribution in [0.15, 0.2) is 71.9 Å². The molecule has 0 saturated heterocycles. The topological polar surface area (TPSA) is 84.4 Å². The van der Waals surface area contributed by atoms with Gasteiger partial charge in [-0.25, -0.2) is 9.97 Å². The minimum Gasteiger partial charge on any atom is -0.497 e. The Bertz CT molecular complexity index is 1310. The van der Waals surface area contributed by atoms with Gasteiger partial charge in [-0.1, -0.05) is 48.2 Å². The number of methoxy groups -OCH3 is 1. The van der Waals surface area contributed by atoms with Gasteiger partial charge in [0.1, 0.15) is 11.8 Å². The highest BCUT2D eigenvalue weighted by atomic mass is 32.2. The molecule has 1 aliphatic carbocycles. The minimum absolute atomic E-state index is 0.00341. The number of rotatable bonds is 10. The van der Waals surface area contributed by atoms with Crippen molar-refractivity contribution in [2.45, 2.75) is 57.8 Å². The van der Waals surface area contributed by atoms with Gasteiger partial charge in [0.2, 0.25) is 11.8 Å². The van der Waals surface area contributed by atoms with E-state index in [4.69, 9.17) is 4.74 Å². The predicted octanol–water partition coefficient (Wildman–Crippen LogP) is 5.89. The van der Waals surface area contributed by atoms with E-state index in [-0.39, 0.29) is 23.5 Å². The molecule has 1 aromatic heterocycles. The van der Waals surface area contributed by atoms with E-state index in [1.54, 1.807) is 12.0 Å². The summed E-state index contributed by atoms with van der Waals surface area (Å²) in [4.78, 5) is 38.7. The quantitative estimate of drug-likeness (QED) is 0.195. The van der Waals surface area contributed by atoms with Gasteiger partial charge in [0.25, 0.3) is 0 Å². The van der Waals surface area contributed by atoms with Crippen LogP contribution in [0.4, 0.5) is 5.69 Å². The lowest BCUT2D eigenvalue weighted by molar-refractivity contribution is -0.139. The molecule has 1 N–H and O–H groups in total. The van der Waals surface area contributed by atoms with Crippen LogP contribution >= 0.6 is 11.8 Å². The number of allylic oxidation sites excluding steroid dienone is 2. The molecule has 0 aliphatic heterocycles. The summed E-state index contributed by atoms with van der Waals surface area (Å²) in [6.07, 6.45) is 6.73. The van der Waals surface area contributed by atoms with Crippen molar-refractivity contribution in [3.8, 4) is 5.75 Å². The van der Waals surface area contributed by atoms with Crippen LogP contribution < -0.4 is 10.1 Å². The van der Waals surface area contributed by atoms with Gasteiger partial charge in [-0.2, -0.15) is 0 Å². The van der Waals surface area contributed by atoms with Crippen molar-refractivity contribution in [2.75, 3.05) is 18.2 Å². The highest BCUT2D eigenvalue weighted by molar-refractivity contribution is 7.99. The van der Waals surface area contributed by atoms with Gasteiger partial charge >= 0.3 is 0 Å². The third kappa shape index (κ3) is 7.69. The van der Waals surface area contributed by atoms with E-state index in [1.807, 2.05) is 75.4 Å². The molecular formula is C31H36N4O3S. The predicted molar refractivity (Wildman–Crippen MR) is 156 cm³/mol. The van der Waals surface area contributed by atoms with Crippen LogP contribution in [-0.2, 0) is 16.1 Å². The van der Waals surface area contributed by atoms with Gasteiger partial charge in [-0.05, 0) is 87.4 Å². The van der Waals surface area contributed by atoms with E-state index in [9.17, 15) is 9.59 Å². The highest BCUT2D eigenvalue weighted by Crippen LogP contribution is 2.29. The number of hydrogen-bond acceptors (Lipinski definition) is 6. The molecule has 1 heterocycles. The summed E-state index contributed by atoms with van der Waals surface area (Å²) in [5.74, 6) is 0.557. The number of nitrogens with one attached hydrogen (secondary N) is 1. The van der Waals surface area contributed by atoms with Crippen LogP contribution in [0.25, 0.3) is 0 Å². The molecule has 8 heteroatoms. The molecule has 0 spiro atoms. The van der Waals surface area contributed by atoms with Crippen molar-refractivity contribution < 1.29 is 14.3 Å². The summed E-state index contributed by atoms with van der Waals surface area (Å²) >= 11 is 1.31. The van der Waals surface area contributed by atoms with Crippen LogP contribution in [0.1, 0.15) is 41.8 Å². The summed E-state index contributed by atoms with van der Waals surface area (Å²) < 4.78 is 5.26. The van der Waals surface area contributed by atoms with E-state index < -0.39 is 6.04 Å². The smallest absolute Gasteiger partial charge is 0.247 e. The van der Waals surface area contributed by atoms with E-state index in [0.717, 1.165) is 41.8 Å². The summed E-state index contributed by atoms with van der Waals surface area (Å²) in [5, 5.41) is 3.64. The molecule has 204 valence electrons. The number of carbonyl (C=O) groups excluding carboxylic acids is 2. The Hall–Kier alpha value is -3.65. The molecule has 4 rings (SSSR count). The molecule has 2 aromatic carbocycles. The van der Waals surface area contributed by atoms with Gasteiger partial charge in [-0.15, -0.1) is 0 Å². The zero-order valence-corrected chi connectivity index (χ0v) is 23.8. The Labute approximate surface area is 235 Å². The maximum atomic E-state index is 14.0. The molecule has 0 bridgehead atoms. The zero-order valence-electron chi connectivity index (χ0n) is 23.0. The fraction of sp³-hybridized carbons (Fsp3) is 0.355. The highest BCUT2D eigenvalue weighted by Gasteiger charge is 2.36. The number of hydrogen-bond donors (Lipinski definition) is 1. The first-order valence-corrected chi connectivity index (χ1v) is 14.2. The van der Waals surface area contributed by atoms with E-state index in [0.29, 0.717) is 23.1 Å². The first-order valence-electron chi connectivity index (χ1n) is 13.2. The van der Waals surface area contributed by atoms with Gasteiger partial charge in [0, 0.05) is 23.6 Å². The first-order chi connectivity index (χ1) is 18.8. The van der Waals surface area contributed by atoms with E-state index in [1.165, 1.54) is 11.8 Å². The molecular weight excluding hydrogens is 508 g/mol. The van der Waals surface area contributed by atoms with Crippen LogP contribution in [-0.4, -0.2) is 45.6 Å². The minimum atomic E-state index is -0.634. The average molecular weight is 545 g/mol. The van der Waals surface area contributed by atoms with E-state index >= 15 is 0 Å². The van der Waals surface area contributed by atoms with Gasteiger partial charge in [0.15, 0.2) is 5.16 Å². The Balaban J connectivity index is 1.65. The molecule has 7 nitrogen and oxygen atoms in total. The lowest BCUT2D eigenvalue weighted by Crippen LogP contribution is -2.52. The van der Waals surface area contributed by atoms with Gasteiger partial charge in [0.05, 0.1) is 12.9 Å². The lowest BCUT2D eigenvalue weighted by Gasteiger charge is -2.37. The molecule has 2 unspecified atom stereocenters. The number of anilines is 1. The molecule has 0 radical (unpaired) electrons. The van der Waals surface area contributed by atoms with Crippen molar-refractivity contribution >= 4 is 29.3 Å². The Morgan fingerprint density at radius 1 is 1.05 bits per heavy atom. The van der Waals surface area contributed by atoms with Crippen molar-refractivity contribution in [1.82, 2.24) is 14.9 Å². The molecule has 3 aromatic rings. The zero-order chi connectivity index (χ0) is 27.8. The number of aryl methyl sites for hydroxylation is 3. The average Bonchev–Trinajstić information content (AvgIpc) is 2.93. The second kappa shape index (κ2) is 13.4. The van der Waals surface area contributed by atoms with Crippen LogP contribution in [0.3, 0.4) is 0 Å². The number of aromatic nitrogens is 2. The van der Waals surface area contributed by atoms with Gasteiger partial charge in [-0.3, -0.25) is 9.59 Å². The molecule has 0 fully saturated rings. The molecule has 39 heavy (non-hydrogen) atoms. The monoisotopic (exact) mass is 544 g/mol. The lowest BCUT2D eigenvalue weighted by atomic mass is 9.85. The fourth-order valence-electron chi connectivity index (χ4n) is 4.88. The number of nitrogens with zero attached hydrogens (tertiary/aromatic N) is 3. The third-order valence-electron chi connectivity index (χ3n) is 6.93. The fourth-order valence-corrected chi connectivity index (χ4v) is 5.72. The van der Waals surface area contributed by atoms with Crippen LogP contribution in [0.5, 0.6) is 5.75 Å². The Morgan fingerprint density at radius 2 is 1.77 bits per heavy atom. The van der Waals surface area contributed by atoms with E-state index in [2.05, 4.69) is 27.4 Å². The van der Waals surface area contributed by atoms with Gasteiger partial charge < -0.3 is 15.0 Å². The summed E-state index contributed by atoms with van der Waals surface area (Å²) in [7, 11) is 1.61.